The molecule has 0 aliphatic carbocycles. The molecule has 0 amide bonds. The molecule has 132 valence electrons. The number of ether oxygens (including phenoxy) is 1. The maximum absolute atomic E-state index is 5.93. The van der Waals surface area contributed by atoms with Crippen molar-refractivity contribution in [1.82, 2.24) is 29.4 Å². The summed E-state index contributed by atoms with van der Waals surface area (Å²) in [6.45, 7) is 0.992. The van der Waals surface area contributed by atoms with E-state index in [9.17, 15) is 0 Å². The lowest BCUT2D eigenvalue weighted by Crippen LogP contribution is -2.08. The van der Waals surface area contributed by atoms with Gasteiger partial charge in [-0.3, -0.25) is 0 Å². The first-order chi connectivity index (χ1) is 12.7. The van der Waals surface area contributed by atoms with Gasteiger partial charge in [-0.2, -0.15) is 19.7 Å². The lowest BCUT2D eigenvalue weighted by Gasteiger charge is -2.08. The van der Waals surface area contributed by atoms with Crippen LogP contribution in [0.4, 0.5) is 5.82 Å². The number of methoxy groups -OCH3 is 1. The highest BCUT2D eigenvalue weighted by molar-refractivity contribution is 6.30. The lowest BCUT2D eigenvalue weighted by atomic mass is 10.3. The molecule has 0 atom stereocenters. The Bertz CT molecular complexity index is 1030. The predicted octanol–water partition coefficient (Wildman–Crippen LogP) is 2.72. The number of nitrogens with zero attached hydrogens (tertiary/aromatic N) is 6. The van der Waals surface area contributed by atoms with Crippen LogP contribution < -0.4 is 5.32 Å². The third-order valence-corrected chi connectivity index (χ3v) is 4.05. The van der Waals surface area contributed by atoms with Crippen LogP contribution in [0.2, 0.25) is 5.02 Å². The molecule has 8 nitrogen and oxygen atoms in total. The molecule has 0 saturated carbocycles. The first-order valence-electron chi connectivity index (χ1n) is 7.95. The van der Waals surface area contributed by atoms with Crippen LogP contribution in [0, 0.1) is 0 Å². The van der Waals surface area contributed by atoms with E-state index >= 15 is 0 Å². The van der Waals surface area contributed by atoms with Gasteiger partial charge in [0.05, 0.1) is 24.2 Å². The summed E-state index contributed by atoms with van der Waals surface area (Å²) < 4.78 is 8.62. The number of halogens is 1. The minimum Gasteiger partial charge on any atom is -0.378 e. The Labute approximate surface area is 154 Å². The molecule has 0 bridgehead atoms. The van der Waals surface area contributed by atoms with E-state index in [1.165, 1.54) is 6.33 Å². The van der Waals surface area contributed by atoms with Crippen LogP contribution in [-0.4, -0.2) is 36.5 Å². The van der Waals surface area contributed by atoms with Crippen molar-refractivity contribution in [3.8, 4) is 5.69 Å². The van der Waals surface area contributed by atoms with Gasteiger partial charge in [-0.15, -0.1) is 0 Å². The fraction of sp³-hybridized carbons (Fsp3) is 0.176. The minimum atomic E-state index is 0.409. The predicted molar refractivity (Wildman–Crippen MR) is 97.4 cm³/mol. The van der Waals surface area contributed by atoms with Crippen molar-refractivity contribution in [2.24, 2.45) is 0 Å². The number of rotatable bonds is 6. The van der Waals surface area contributed by atoms with Gasteiger partial charge in [0, 0.05) is 36.5 Å². The molecule has 4 rings (SSSR count). The first-order valence-corrected chi connectivity index (χ1v) is 8.33. The molecule has 1 N–H and O–H groups in total. The smallest absolute Gasteiger partial charge is 0.254 e. The van der Waals surface area contributed by atoms with E-state index in [1.54, 1.807) is 16.3 Å². The fourth-order valence-corrected chi connectivity index (χ4v) is 2.71. The standard InChI is InChI=1S/C17H16ClN7O/c1-26-10-14-6-16(25-17(23-14)20-11-22-25)19-7-12-8-21-24(9-12)15-4-2-13(18)3-5-15/h2-6,8-9,11,19H,7,10H2,1H3. The molecule has 1 aromatic carbocycles. The van der Waals surface area contributed by atoms with Crippen LogP contribution in [0.5, 0.6) is 0 Å². The second-order valence-electron chi connectivity index (χ2n) is 5.66. The summed E-state index contributed by atoms with van der Waals surface area (Å²) in [4.78, 5) is 8.53. The Morgan fingerprint density at radius 3 is 2.85 bits per heavy atom. The van der Waals surface area contributed by atoms with Crippen molar-refractivity contribution in [1.29, 1.82) is 0 Å². The first kappa shape index (κ1) is 16.5. The van der Waals surface area contributed by atoms with Crippen molar-refractivity contribution in [3.05, 3.63) is 65.3 Å². The van der Waals surface area contributed by atoms with Crippen LogP contribution in [0.15, 0.2) is 49.1 Å². The van der Waals surface area contributed by atoms with Gasteiger partial charge in [0.2, 0.25) is 0 Å². The number of anilines is 1. The van der Waals surface area contributed by atoms with Crippen LogP contribution >= 0.6 is 11.6 Å². The van der Waals surface area contributed by atoms with Gasteiger partial charge in [0.25, 0.3) is 5.78 Å². The molecular weight excluding hydrogens is 354 g/mol. The summed E-state index contributed by atoms with van der Waals surface area (Å²) >= 11 is 5.93. The molecule has 0 radical (unpaired) electrons. The van der Waals surface area contributed by atoms with Crippen molar-refractivity contribution in [3.63, 3.8) is 0 Å². The van der Waals surface area contributed by atoms with E-state index in [-0.39, 0.29) is 0 Å². The molecule has 0 saturated heterocycles. The maximum atomic E-state index is 5.93. The number of nitrogens with one attached hydrogen (secondary N) is 1. The molecular formula is C17H16ClN7O. The zero-order valence-electron chi connectivity index (χ0n) is 14.0. The average Bonchev–Trinajstić information content (AvgIpc) is 3.30. The average molecular weight is 370 g/mol. The van der Waals surface area contributed by atoms with Gasteiger partial charge in [0.1, 0.15) is 12.1 Å². The minimum absolute atomic E-state index is 0.409. The van der Waals surface area contributed by atoms with E-state index in [4.69, 9.17) is 16.3 Å². The monoisotopic (exact) mass is 369 g/mol. The van der Waals surface area contributed by atoms with Crippen molar-refractivity contribution in [2.75, 3.05) is 12.4 Å². The van der Waals surface area contributed by atoms with Crippen molar-refractivity contribution >= 4 is 23.2 Å². The lowest BCUT2D eigenvalue weighted by molar-refractivity contribution is 0.181. The molecule has 0 spiro atoms. The highest BCUT2D eigenvalue weighted by atomic mass is 35.5. The van der Waals surface area contributed by atoms with E-state index in [0.29, 0.717) is 24.0 Å². The molecule has 0 unspecified atom stereocenters. The number of aromatic nitrogens is 6. The Morgan fingerprint density at radius 2 is 2.04 bits per heavy atom. The van der Waals surface area contributed by atoms with Crippen LogP contribution in [0.25, 0.3) is 11.5 Å². The molecule has 0 aliphatic rings. The SMILES string of the molecule is COCc1cc(NCc2cnn(-c3ccc(Cl)cc3)c2)n2ncnc2n1. The number of fused-ring (bicyclic) bond motifs is 1. The summed E-state index contributed by atoms with van der Waals surface area (Å²) in [6, 6.07) is 9.42. The van der Waals surface area contributed by atoms with Gasteiger partial charge in [-0.05, 0) is 24.3 Å². The van der Waals surface area contributed by atoms with Gasteiger partial charge in [0.15, 0.2) is 0 Å². The summed E-state index contributed by atoms with van der Waals surface area (Å²) in [5.41, 5.74) is 2.76. The van der Waals surface area contributed by atoms with Crippen molar-refractivity contribution < 1.29 is 4.74 Å². The normalized spacial score (nSPS) is 11.2. The number of hydrogen-bond donors (Lipinski definition) is 1. The molecule has 26 heavy (non-hydrogen) atoms. The fourth-order valence-electron chi connectivity index (χ4n) is 2.59. The Morgan fingerprint density at radius 1 is 1.19 bits per heavy atom. The Balaban J connectivity index is 1.53. The van der Waals surface area contributed by atoms with E-state index < -0.39 is 0 Å². The molecule has 0 aliphatic heterocycles. The maximum Gasteiger partial charge on any atom is 0.254 e. The zero-order chi connectivity index (χ0) is 17.9. The summed E-state index contributed by atoms with van der Waals surface area (Å²) in [5.74, 6) is 1.32. The second kappa shape index (κ2) is 7.11. The highest BCUT2D eigenvalue weighted by Gasteiger charge is 2.08. The third-order valence-electron chi connectivity index (χ3n) is 3.80. The zero-order valence-corrected chi connectivity index (χ0v) is 14.8. The van der Waals surface area contributed by atoms with Crippen molar-refractivity contribution in [2.45, 2.75) is 13.2 Å². The van der Waals surface area contributed by atoms with Crippen LogP contribution in [-0.2, 0) is 17.9 Å². The Hall–Kier alpha value is -2.97. The van der Waals surface area contributed by atoms with Gasteiger partial charge in [-0.1, -0.05) is 11.6 Å². The van der Waals surface area contributed by atoms with Gasteiger partial charge >= 0.3 is 0 Å². The van der Waals surface area contributed by atoms with Gasteiger partial charge in [-0.25, -0.2) is 9.67 Å². The quantitative estimate of drug-likeness (QED) is 0.562. The largest absolute Gasteiger partial charge is 0.378 e. The second-order valence-corrected chi connectivity index (χ2v) is 6.10. The topological polar surface area (TPSA) is 82.2 Å². The molecule has 3 heterocycles. The number of hydrogen-bond acceptors (Lipinski definition) is 6. The third kappa shape index (κ3) is 3.37. The summed E-state index contributed by atoms with van der Waals surface area (Å²) in [7, 11) is 1.63. The number of benzene rings is 1. The van der Waals surface area contributed by atoms with Crippen LogP contribution in [0.1, 0.15) is 11.3 Å². The molecule has 0 fully saturated rings. The van der Waals surface area contributed by atoms with Crippen LogP contribution in [0.3, 0.4) is 0 Å². The Kier molecular flexibility index (Phi) is 4.51. The van der Waals surface area contributed by atoms with E-state index in [2.05, 4.69) is 25.5 Å². The molecule has 3 aromatic heterocycles. The van der Waals surface area contributed by atoms with E-state index in [1.807, 2.05) is 42.7 Å². The molecule has 4 aromatic rings. The van der Waals surface area contributed by atoms with Gasteiger partial charge < -0.3 is 10.1 Å². The summed E-state index contributed by atoms with van der Waals surface area (Å²) in [6.07, 6.45) is 5.26. The molecule has 9 heteroatoms. The highest BCUT2D eigenvalue weighted by Crippen LogP contribution is 2.15. The van der Waals surface area contributed by atoms with E-state index in [0.717, 1.165) is 22.8 Å². The summed E-state index contributed by atoms with van der Waals surface area (Å²) in [5, 5.41) is 12.6.